The fraction of sp³-hybridized carbons (Fsp3) is 0.938. The van der Waals surface area contributed by atoms with Crippen molar-refractivity contribution in [3.05, 3.63) is 0 Å². The Balaban J connectivity index is 2.27. The van der Waals surface area contributed by atoms with Crippen molar-refractivity contribution >= 4 is 6.09 Å². The summed E-state index contributed by atoms with van der Waals surface area (Å²) in [5.41, 5.74) is -0.775. The molecule has 5 heteroatoms. The predicted molar refractivity (Wildman–Crippen MR) is 86.5 cm³/mol. The average Bonchev–Trinajstić information content (AvgIpc) is 2.24. The van der Waals surface area contributed by atoms with Crippen LogP contribution in [0.2, 0.25) is 0 Å². The summed E-state index contributed by atoms with van der Waals surface area (Å²) in [5.74, 6) is 0.709. The van der Waals surface area contributed by atoms with E-state index in [1.54, 1.807) is 0 Å². The number of nitrogens with one attached hydrogen (secondary N) is 2. The lowest BCUT2D eigenvalue weighted by molar-refractivity contribution is 0.0471. The van der Waals surface area contributed by atoms with Crippen LogP contribution in [0.1, 0.15) is 47.5 Å². The minimum absolute atomic E-state index is 0.317. The monoisotopic (exact) mass is 299 g/mol. The molecule has 1 amide bonds. The van der Waals surface area contributed by atoms with Crippen LogP contribution in [0.25, 0.3) is 0 Å². The van der Waals surface area contributed by atoms with Gasteiger partial charge < -0.3 is 20.3 Å². The lowest BCUT2D eigenvalue weighted by Crippen LogP contribution is -2.52. The first-order valence-electron chi connectivity index (χ1n) is 7.98. The molecule has 0 aromatic rings. The topological polar surface area (TPSA) is 53.6 Å². The Morgan fingerprint density at radius 2 is 1.95 bits per heavy atom. The second-order valence-electron chi connectivity index (χ2n) is 7.91. The maximum Gasteiger partial charge on any atom is 0.408 e. The molecule has 0 radical (unpaired) electrons. The molecule has 1 aliphatic heterocycles. The van der Waals surface area contributed by atoms with Gasteiger partial charge in [-0.15, -0.1) is 0 Å². The van der Waals surface area contributed by atoms with Crippen molar-refractivity contribution in [2.75, 3.05) is 33.2 Å². The van der Waals surface area contributed by atoms with E-state index in [0.29, 0.717) is 5.92 Å². The Kier molecular flexibility index (Phi) is 6.47. The van der Waals surface area contributed by atoms with Gasteiger partial charge in [-0.1, -0.05) is 0 Å². The van der Waals surface area contributed by atoms with E-state index in [0.717, 1.165) is 19.6 Å². The molecule has 0 bridgehead atoms. The van der Waals surface area contributed by atoms with Gasteiger partial charge in [0.1, 0.15) is 5.60 Å². The summed E-state index contributed by atoms with van der Waals surface area (Å²) >= 11 is 0. The molecular weight excluding hydrogens is 266 g/mol. The summed E-state index contributed by atoms with van der Waals surface area (Å²) in [6, 6.07) is 0. The molecule has 1 fully saturated rings. The summed E-state index contributed by atoms with van der Waals surface area (Å²) < 4.78 is 5.30. The van der Waals surface area contributed by atoms with E-state index in [1.807, 2.05) is 34.6 Å². The molecule has 0 aliphatic carbocycles. The molecule has 124 valence electrons. The number of carbonyl (C=O) groups is 1. The lowest BCUT2D eigenvalue weighted by Gasteiger charge is -2.32. The molecule has 2 N–H and O–H groups in total. The molecule has 1 heterocycles. The number of carbonyl (C=O) groups excluding carboxylic acids is 1. The zero-order chi connectivity index (χ0) is 16.1. The van der Waals surface area contributed by atoms with Crippen molar-refractivity contribution in [1.82, 2.24) is 15.5 Å². The van der Waals surface area contributed by atoms with Crippen LogP contribution in [0, 0.1) is 5.92 Å². The first kappa shape index (κ1) is 18.2. The van der Waals surface area contributed by atoms with Crippen LogP contribution >= 0.6 is 0 Å². The van der Waals surface area contributed by atoms with Gasteiger partial charge in [-0.2, -0.15) is 0 Å². The Bertz CT molecular complexity index is 337. The summed E-state index contributed by atoms with van der Waals surface area (Å²) in [6.07, 6.45) is 2.21. The molecule has 1 atom stereocenters. The number of ether oxygens (including phenoxy) is 1. The van der Waals surface area contributed by atoms with Gasteiger partial charge in [-0.3, -0.25) is 0 Å². The van der Waals surface area contributed by atoms with Crippen LogP contribution in [-0.4, -0.2) is 55.4 Å². The van der Waals surface area contributed by atoms with E-state index in [9.17, 15) is 4.79 Å². The molecule has 0 aromatic heterocycles. The maximum atomic E-state index is 11.8. The van der Waals surface area contributed by atoms with E-state index in [1.165, 1.54) is 19.4 Å². The van der Waals surface area contributed by atoms with Crippen LogP contribution in [-0.2, 0) is 4.74 Å². The summed E-state index contributed by atoms with van der Waals surface area (Å²) in [4.78, 5) is 14.2. The summed E-state index contributed by atoms with van der Waals surface area (Å²) in [5, 5.41) is 6.41. The van der Waals surface area contributed by atoms with Crippen molar-refractivity contribution in [3.8, 4) is 0 Å². The van der Waals surface area contributed by atoms with Crippen LogP contribution in [0.15, 0.2) is 0 Å². The number of likely N-dealkylation sites (tertiary alicyclic amines) is 1. The van der Waals surface area contributed by atoms with Gasteiger partial charge >= 0.3 is 6.09 Å². The molecule has 1 unspecified atom stereocenters. The van der Waals surface area contributed by atoms with Crippen LogP contribution < -0.4 is 10.6 Å². The Labute approximate surface area is 129 Å². The number of alkyl carbamates (subject to hydrolysis) is 1. The van der Waals surface area contributed by atoms with E-state index >= 15 is 0 Å². The van der Waals surface area contributed by atoms with Gasteiger partial charge in [-0.05, 0) is 73.5 Å². The van der Waals surface area contributed by atoms with Crippen molar-refractivity contribution in [3.63, 3.8) is 0 Å². The largest absolute Gasteiger partial charge is 0.444 e. The third-order valence-corrected chi connectivity index (χ3v) is 3.56. The summed E-state index contributed by atoms with van der Waals surface area (Å²) in [6.45, 7) is 13.8. The standard InChI is InChI=1S/C16H33N3O2/c1-15(2,3)21-14(20)18-16(4,5)12-17-10-13-8-7-9-19(6)11-13/h13,17H,7-12H2,1-6H3,(H,18,20). The fourth-order valence-electron chi connectivity index (χ4n) is 2.65. The average molecular weight is 299 g/mol. The molecule has 0 saturated carbocycles. The van der Waals surface area contributed by atoms with Gasteiger partial charge in [0.25, 0.3) is 0 Å². The van der Waals surface area contributed by atoms with Crippen molar-refractivity contribution < 1.29 is 9.53 Å². The minimum atomic E-state index is -0.458. The highest BCUT2D eigenvalue weighted by molar-refractivity contribution is 5.68. The van der Waals surface area contributed by atoms with Crippen molar-refractivity contribution in [1.29, 1.82) is 0 Å². The highest BCUT2D eigenvalue weighted by Gasteiger charge is 2.25. The van der Waals surface area contributed by atoms with E-state index < -0.39 is 5.60 Å². The molecule has 5 nitrogen and oxygen atoms in total. The molecule has 21 heavy (non-hydrogen) atoms. The lowest BCUT2D eigenvalue weighted by atomic mass is 9.98. The van der Waals surface area contributed by atoms with Gasteiger partial charge in [-0.25, -0.2) is 4.79 Å². The Morgan fingerprint density at radius 3 is 2.52 bits per heavy atom. The zero-order valence-corrected chi connectivity index (χ0v) is 14.6. The van der Waals surface area contributed by atoms with Gasteiger partial charge in [0, 0.05) is 13.1 Å². The second-order valence-corrected chi connectivity index (χ2v) is 7.91. The number of piperidine rings is 1. The highest BCUT2D eigenvalue weighted by Crippen LogP contribution is 2.14. The van der Waals surface area contributed by atoms with Crippen LogP contribution in [0.5, 0.6) is 0 Å². The quantitative estimate of drug-likeness (QED) is 0.817. The molecular formula is C16H33N3O2. The molecule has 1 saturated heterocycles. The SMILES string of the molecule is CN1CCCC(CNCC(C)(C)NC(=O)OC(C)(C)C)C1. The van der Waals surface area contributed by atoms with E-state index in [4.69, 9.17) is 4.74 Å². The Morgan fingerprint density at radius 1 is 1.29 bits per heavy atom. The zero-order valence-electron chi connectivity index (χ0n) is 14.6. The molecule has 0 aromatic carbocycles. The first-order chi connectivity index (χ1) is 9.57. The number of hydrogen-bond acceptors (Lipinski definition) is 4. The number of nitrogens with zero attached hydrogens (tertiary/aromatic N) is 1. The van der Waals surface area contributed by atoms with Gasteiger partial charge in [0.2, 0.25) is 0 Å². The normalized spacial score (nSPS) is 21.1. The number of rotatable bonds is 5. The highest BCUT2D eigenvalue weighted by atomic mass is 16.6. The second kappa shape index (κ2) is 7.45. The minimum Gasteiger partial charge on any atom is -0.444 e. The van der Waals surface area contributed by atoms with Crippen LogP contribution in [0.4, 0.5) is 4.79 Å². The third kappa shape index (κ3) is 8.27. The van der Waals surface area contributed by atoms with Crippen molar-refractivity contribution in [2.45, 2.75) is 58.6 Å². The third-order valence-electron chi connectivity index (χ3n) is 3.56. The smallest absolute Gasteiger partial charge is 0.408 e. The Hall–Kier alpha value is -0.810. The van der Waals surface area contributed by atoms with Gasteiger partial charge in [0.15, 0.2) is 0 Å². The molecule has 0 spiro atoms. The molecule has 1 rings (SSSR count). The van der Waals surface area contributed by atoms with Crippen LogP contribution in [0.3, 0.4) is 0 Å². The number of amides is 1. The predicted octanol–water partition coefficient (Wildman–Crippen LogP) is 2.22. The van der Waals surface area contributed by atoms with E-state index in [2.05, 4.69) is 22.6 Å². The van der Waals surface area contributed by atoms with Crippen molar-refractivity contribution in [2.24, 2.45) is 5.92 Å². The maximum absolute atomic E-state index is 11.8. The van der Waals surface area contributed by atoms with Gasteiger partial charge in [0.05, 0.1) is 5.54 Å². The fourth-order valence-corrected chi connectivity index (χ4v) is 2.65. The summed E-state index contributed by atoms with van der Waals surface area (Å²) in [7, 11) is 2.18. The molecule has 1 aliphatic rings. The first-order valence-corrected chi connectivity index (χ1v) is 7.98. The number of hydrogen-bond donors (Lipinski definition) is 2. The van der Waals surface area contributed by atoms with E-state index in [-0.39, 0.29) is 11.6 Å².